The zero-order valence-electron chi connectivity index (χ0n) is 15.9. The molecule has 1 rings (SSSR count). The molecular formula is C20H34N2O2. The smallest absolute Gasteiger partial charge is 0.274 e. The maximum absolute atomic E-state index is 11.3. The number of benzene rings is 1. The van der Waals surface area contributed by atoms with E-state index < -0.39 is 0 Å². The number of nitrogens with zero attached hydrogens (tertiary/aromatic N) is 2. The topological polar surface area (TPSA) is 46.4 Å². The molecule has 0 saturated heterocycles. The maximum Gasteiger partial charge on any atom is 0.274 e. The van der Waals surface area contributed by atoms with Crippen molar-refractivity contribution in [1.82, 2.24) is 0 Å². The van der Waals surface area contributed by atoms with Gasteiger partial charge in [-0.3, -0.25) is 10.1 Å². The van der Waals surface area contributed by atoms with Crippen LogP contribution in [0.3, 0.4) is 0 Å². The summed E-state index contributed by atoms with van der Waals surface area (Å²) < 4.78 is 0. The van der Waals surface area contributed by atoms with E-state index in [0.29, 0.717) is 0 Å². The van der Waals surface area contributed by atoms with Gasteiger partial charge in [-0.1, -0.05) is 52.4 Å². The standard InChI is InChI=1S/C20H34N2O2/c1-5-7-9-11-13-21(14-12-10-8-6-2)19-15-17(3)18(4)20(16-19)22(23)24/h15-16H,5-14H2,1-4H3. The molecule has 0 heterocycles. The van der Waals surface area contributed by atoms with Crippen LogP contribution in [-0.4, -0.2) is 18.0 Å². The van der Waals surface area contributed by atoms with Crippen LogP contribution in [-0.2, 0) is 0 Å². The number of unbranched alkanes of at least 4 members (excludes halogenated alkanes) is 6. The van der Waals surface area contributed by atoms with Crippen LogP contribution < -0.4 is 4.90 Å². The molecule has 4 nitrogen and oxygen atoms in total. The predicted octanol–water partition coefficient (Wildman–Crippen LogP) is 6.18. The van der Waals surface area contributed by atoms with Gasteiger partial charge >= 0.3 is 0 Å². The molecule has 24 heavy (non-hydrogen) atoms. The Morgan fingerprint density at radius 1 is 0.917 bits per heavy atom. The quantitative estimate of drug-likeness (QED) is 0.260. The van der Waals surface area contributed by atoms with Gasteiger partial charge in [0.2, 0.25) is 0 Å². The highest BCUT2D eigenvalue weighted by molar-refractivity contribution is 5.59. The van der Waals surface area contributed by atoms with Crippen molar-refractivity contribution in [3.63, 3.8) is 0 Å². The minimum atomic E-state index is -0.252. The lowest BCUT2D eigenvalue weighted by molar-refractivity contribution is -0.385. The highest BCUT2D eigenvalue weighted by Gasteiger charge is 2.17. The van der Waals surface area contributed by atoms with Crippen LogP contribution in [0.25, 0.3) is 0 Å². The van der Waals surface area contributed by atoms with Crippen molar-refractivity contribution in [2.75, 3.05) is 18.0 Å². The zero-order chi connectivity index (χ0) is 17.9. The molecular weight excluding hydrogens is 300 g/mol. The van der Waals surface area contributed by atoms with Crippen molar-refractivity contribution >= 4 is 11.4 Å². The molecule has 1 aromatic rings. The van der Waals surface area contributed by atoms with Crippen LogP contribution in [0, 0.1) is 24.0 Å². The van der Waals surface area contributed by atoms with Crippen LogP contribution in [0.2, 0.25) is 0 Å². The van der Waals surface area contributed by atoms with Gasteiger partial charge in [-0.25, -0.2) is 0 Å². The van der Waals surface area contributed by atoms with E-state index in [-0.39, 0.29) is 10.6 Å². The van der Waals surface area contributed by atoms with Gasteiger partial charge in [0.25, 0.3) is 5.69 Å². The largest absolute Gasteiger partial charge is 0.371 e. The molecule has 0 unspecified atom stereocenters. The minimum absolute atomic E-state index is 0.247. The summed E-state index contributed by atoms with van der Waals surface area (Å²) in [7, 11) is 0. The molecule has 0 aliphatic heterocycles. The molecule has 0 aliphatic carbocycles. The zero-order valence-corrected chi connectivity index (χ0v) is 15.9. The number of nitro benzene ring substituents is 1. The Morgan fingerprint density at radius 2 is 1.46 bits per heavy atom. The molecule has 4 heteroatoms. The number of rotatable bonds is 12. The molecule has 0 bridgehead atoms. The van der Waals surface area contributed by atoms with Crippen molar-refractivity contribution in [2.24, 2.45) is 0 Å². The Bertz CT molecular complexity index is 503. The lowest BCUT2D eigenvalue weighted by atomic mass is 10.1. The van der Waals surface area contributed by atoms with Gasteiger partial charge in [-0.05, 0) is 38.3 Å². The third kappa shape index (κ3) is 6.50. The van der Waals surface area contributed by atoms with Crippen molar-refractivity contribution in [1.29, 1.82) is 0 Å². The van der Waals surface area contributed by atoms with E-state index in [0.717, 1.165) is 42.7 Å². The number of hydrogen-bond acceptors (Lipinski definition) is 3. The molecule has 0 aromatic heterocycles. The van der Waals surface area contributed by atoms with Crippen LogP contribution in [0.5, 0.6) is 0 Å². The number of nitro groups is 1. The molecule has 0 saturated carbocycles. The fraction of sp³-hybridized carbons (Fsp3) is 0.700. The van der Waals surface area contributed by atoms with Gasteiger partial charge in [0, 0.05) is 30.4 Å². The van der Waals surface area contributed by atoms with Gasteiger partial charge in [0.1, 0.15) is 0 Å². The van der Waals surface area contributed by atoms with Crippen LogP contribution in [0.1, 0.15) is 76.3 Å². The average Bonchev–Trinajstić information content (AvgIpc) is 2.55. The third-order valence-electron chi connectivity index (χ3n) is 4.75. The van der Waals surface area contributed by atoms with E-state index in [1.807, 2.05) is 13.8 Å². The fourth-order valence-electron chi connectivity index (χ4n) is 3.02. The first-order valence-corrected chi connectivity index (χ1v) is 9.51. The van der Waals surface area contributed by atoms with Crippen molar-refractivity contribution in [3.8, 4) is 0 Å². The van der Waals surface area contributed by atoms with E-state index in [1.165, 1.54) is 38.5 Å². The lowest BCUT2D eigenvalue weighted by Gasteiger charge is -2.26. The summed E-state index contributed by atoms with van der Waals surface area (Å²) in [5.41, 5.74) is 3.04. The fourth-order valence-corrected chi connectivity index (χ4v) is 3.02. The number of anilines is 1. The second kappa shape index (κ2) is 11.1. The summed E-state index contributed by atoms with van der Waals surface area (Å²) in [5, 5.41) is 11.3. The SMILES string of the molecule is CCCCCCN(CCCCCC)c1cc(C)c(C)c([N+](=O)[O-])c1. The normalized spacial score (nSPS) is 10.8. The second-order valence-electron chi connectivity index (χ2n) is 6.77. The second-order valence-corrected chi connectivity index (χ2v) is 6.77. The lowest BCUT2D eigenvalue weighted by Crippen LogP contribution is -2.26. The Hall–Kier alpha value is -1.58. The summed E-state index contributed by atoms with van der Waals surface area (Å²) in [6.45, 7) is 10.2. The molecule has 136 valence electrons. The van der Waals surface area contributed by atoms with Gasteiger partial charge in [-0.2, -0.15) is 0 Å². The maximum atomic E-state index is 11.3. The molecule has 0 atom stereocenters. The van der Waals surface area contributed by atoms with Gasteiger partial charge < -0.3 is 4.90 Å². The Morgan fingerprint density at radius 3 is 1.92 bits per heavy atom. The summed E-state index contributed by atoms with van der Waals surface area (Å²) in [6, 6.07) is 3.88. The highest BCUT2D eigenvalue weighted by atomic mass is 16.6. The van der Waals surface area contributed by atoms with E-state index in [9.17, 15) is 10.1 Å². The predicted molar refractivity (Wildman–Crippen MR) is 103 cm³/mol. The molecule has 0 fully saturated rings. The van der Waals surface area contributed by atoms with Crippen LogP contribution >= 0.6 is 0 Å². The molecule has 0 aliphatic rings. The molecule has 0 radical (unpaired) electrons. The van der Waals surface area contributed by atoms with Gasteiger partial charge in [0.05, 0.1) is 4.92 Å². The summed E-state index contributed by atoms with van der Waals surface area (Å²) in [5.74, 6) is 0. The van der Waals surface area contributed by atoms with Crippen molar-refractivity contribution in [3.05, 3.63) is 33.4 Å². The third-order valence-corrected chi connectivity index (χ3v) is 4.75. The van der Waals surface area contributed by atoms with Crippen LogP contribution in [0.4, 0.5) is 11.4 Å². The monoisotopic (exact) mass is 334 g/mol. The summed E-state index contributed by atoms with van der Waals surface area (Å²) in [4.78, 5) is 13.4. The van der Waals surface area contributed by atoms with Crippen molar-refractivity contribution < 1.29 is 4.92 Å². The van der Waals surface area contributed by atoms with Crippen molar-refractivity contribution in [2.45, 2.75) is 79.1 Å². The van der Waals surface area contributed by atoms with E-state index in [2.05, 4.69) is 24.8 Å². The van der Waals surface area contributed by atoms with Gasteiger partial charge in [0.15, 0.2) is 0 Å². The Labute approximate surface area is 147 Å². The Kier molecular flexibility index (Phi) is 9.43. The first-order chi connectivity index (χ1) is 11.5. The van der Waals surface area contributed by atoms with Gasteiger partial charge in [-0.15, -0.1) is 0 Å². The minimum Gasteiger partial charge on any atom is -0.371 e. The van der Waals surface area contributed by atoms with Crippen LogP contribution in [0.15, 0.2) is 12.1 Å². The summed E-state index contributed by atoms with van der Waals surface area (Å²) in [6.07, 6.45) is 9.75. The first kappa shape index (κ1) is 20.5. The molecule has 1 aromatic carbocycles. The molecule has 0 spiro atoms. The molecule has 0 amide bonds. The number of hydrogen-bond donors (Lipinski definition) is 0. The first-order valence-electron chi connectivity index (χ1n) is 9.51. The Balaban J connectivity index is 2.88. The average molecular weight is 335 g/mol. The number of aryl methyl sites for hydroxylation is 1. The van der Waals surface area contributed by atoms with E-state index in [1.54, 1.807) is 6.07 Å². The highest BCUT2D eigenvalue weighted by Crippen LogP contribution is 2.29. The van der Waals surface area contributed by atoms with E-state index >= 15 is 0 Å². The molecule has 0 N–H and O–H groups in total. The summed E-state index contributed by atoms with van der Waals surface area (Å²) >= 11 is 0. The van der Waals surface area contributed by atoms with E-state index in [4.69, 9.17) is 0 Å².